The number of ether oxygens (including phenoxy) is 4. The topological polar surface area (TPSA) is 92.9 Å². The van der Waals surface area contributed by atoms with Crippen LogP contribution in [0.15, 0.2) is 46.0 Å². The van der Waals surface area contributed by atoms with Gasteiger partial charge in [-0.15, -0.1) is 10.2 Å². The zero-order chi connectivity index (χ0) is 20.2. The van der Waals surface area contributed by atoms with Crippen LogP contribution in [0.5, 0.6) is 23.0 Å². The van der Waals surface area contributed by atoms with Crippen molar-refractivity contribution in [2.75, 3.05) is 33.2 Å². The Morgan fingerprint density at radius 3 is 2.66 bits per heavy atom. The molecule has 0 spiro atoms. The van der Waals surface area contributed by atoms with Gasteiger partial charge in [-0.3, -0.25) is 4.79 Å². The highest BCUT2D eigenvalue weighted by molar-refractivity contribution is 7.99. The molecule has 0 unspecified atom stereocenters. The van der Waals surface area contributed by atoms with E-state index in [1.165, 1.54) is 11.8 Å². The molecule has 0 saturated carbocycles. The summed E-state index contributed by atoms with van der Waals surface area (Å²) in [7, 11) is 3.13. The fraction of sp³-hybridized carbons (Fsp3) is 0.250. The number of ketones is 1. The van der Waals surface area contributed by atoms with Gasteiger partial charge in [0, 0.05) is 11.6 Å². The normalized spacial score (nSPS) is 12.5. The van der Waals surface area contributed by atoms with Gasteiger partial charge in [0.1, 0.15) is 24.7 Å². The van der Waals surface area contributed by atoms with Crippen molar-refractivity contribution in [3.05, 3.63) is 42.0 Å². The molecule has 0 radical (unpaired) electrons. The molecule has 9 heteroatoms. The second-order valence-electron chi connectivity index (χ2n) is 6.01. The van der Waals surface area contributed by atoms with Gasteiger partial charge < -0.3 is 23.4 Å². The average molecular weight is 414 g/mol. The van der Waals surface area contributed by atoms with E-state index in [0.717, 1.165) is 0 Å². The second kappa shape index (κ2) is 8.44. The number of carbonyl (C=O) groups is 1. The summed E-state index contributed by atoms with van der Waals surface area (Å²) >= 11 is 1.17. The van der Waals surface area contributed by atoms with Crippen molar-refractivity contribution in [3.63, 3.8) is 0 Å². The van der Waals surface area contributed by atoms with E-state index in [0.29, 0.717) is 58.5 Å². The molecule has 0 saturated heterocycles. The van der Waals surface area contributed by atoms with Crippen LogP contribution >= 0.6 is 11.8 Å². The van der Waals surface area contributed by atoms with Crippen molar-refractivity contribution in [2.45, 2.75) is 5.22 Å². The molecule has 8 nitrogen and oxygen atoms in total. The Morgan fingerprint density at radius 1 is 1.03 bits per heavy atom. The lowest BCUT2D eigenvalue weighted by atomic mass is 10.1. The quantitative estimate of drug-likeness (QED) is 0.425. The molecule has 1 aliphatic heterocycles. The van der Waals surface area contributed by atoms with E-state index >= 15 is 0 Å². The SMILES string of the molecule is COc1ccc(-c2nnc(SCC(=O)c3ccc4c(c3)OCCO4)o2)c(OC)c1. The van der Waals surface area contributed by atoms with Crippen LogP contribution < -0.4 is 18.9 Å². The van der Waals surface area contributed by atoms with Gasteiger partial charge in [-0.1, -0.05) is 11.8 Å². The van der Waals surface area contributed by atoms with Crippen LogP contribution in [-0.2, 0) is 0 Å². The van der Waals surface area contributed by atoms with Gasteiger partial charge in [0.05, 0.1) is 25.5 Å². The number of hydrogen-bond donors (Lipinski definition) is 0. The third-order valence-electron chi connectivity index (χ3n) is 4.24. The van der Waals surface area contributed by atoms with Crippen LogP contribution in [0.4, 0.5) is 0 Å². The average Bonchev–Trinajstić information content (AvgIpc) is 3.25. The van der Waals surface area contributed by atoms with Crippen molar-refractivity contribution < 1.29 is 28.2 Å². The number of aromatic nitrogens is 2. The summed E-state index contributed by atoms with van der Waals surface area (Å²) in [6.07, 6.45) is 0. The fourth-order valence-electron chi connectivity index (χ4n) is 2.78. The molecule has 29 heavy (non-hydrogen) atoms. The maximum atomic E-state index is 12.5. The van der Waals surface area contributed by atoms with Gasteiger partial charge >= 0.3 is 0 Å². The molecular weight excluding hydrogens is 396 g/mol. The van der Waals surface area contributed by atoms with Gasteiger partial charge in [0.25, 0.3) is 11.1 Å². The molecule has 1 aliphatic rings. The Morgan fingerprint density at radius 2 is 1.86 bits per heavy atom. The predicted octanol–water partition coefficient (Wildman–Crippen LogP) is 3.50. The summed E-state index contributed by atoms with van der Waals surface area (Å²) in [5.74, 6) is 2.82. The van der Waals surface area contributed by atoms with Gasteiger partial charge in [0.2, 0.25) is 0 Å². The molecule has 1 aromatic heterocycles. The van der Waals surface area contributed by atoms with Crippen molar-refractivity contribution in [3.8, 4) is 34.5 Å². The molecule has 0 aliphatic carbocycles. The van der Waals surface area contributed by atoms with Crippen LogP contribution in [0, 0.1) is 0 Å². The van der Waals surface area contributed by atoms with Crippen LogP contribution in [0.2, 0.25) is 0 Å². The Balaban J connectivity index is 1.44. The van der Waals surface area contributed by atoms with Crippen molar-refractivity contribution in [2.24, 2.45) is 0 Å². The first-order valence-electron chi connectivity index (χ1n) is 8.79. The molecule has 2 aromatic carbocycles. The molecule has 2 heterocycles. The maximum absolute atomic E-state index is 12.5. The molecule has 3 aromatic rings. The van der Waals surface area contributed by atoms with Crippen LogP contribution in [0.3, 0.4) is 0 Å². The zero-order valence-corrected chi connectivity index (χ0v) is 16.7. The highest BCUT2D eigenvalue weighted by Crippen LogP contribution is 2.34. The maximum Gasteiger partial charge on any atom is 0.277 e. The lowest BCUT2D eigenvalue weighted by Crippen LogP contribution is -2.16. The minimum Gasteiger partial charge on any atom is -0.497 e. The highest BCUT2D eigenvalue weighted by atomic mass is 32.2. The highest BCUT2D eigenvalue weighted by Gasteiger charge is 2.18. The number of methoxy groups -OCH3 is 2. The molecule has 0 fully saturated rings. The number of thioether (sulfide) groups is 1. The van der Waals surface area contributed by atoms with Gasteiger partial charge in [-0.2, -0.15) is 0 Å². The Bertz CT molecular complexity index is 1040. The van der Waals surface area contributed by atoms with Gasteiger partial charge in [-0.25, -0.2) is 0 Å². The minimum atomic E-state index is -0.0752. The minimum absolute atomic E-state index is 0.0752. The summed E-state index contributed by atoms with van der Waals surface area (Å²) in [5.41, 5.74) is 1.18. The lowest BCUT2D eigenvalue weighted by molar-refractivity contribution is 0.102. The Hall–Kier alpha value is -3.20. The summed E-state index contributed by atoms with van der Waals surface area (Å²) in [6, 6.07) is 10.4. The van der Waals surface area contributed by atoms with E-state index in [1.54, 1.807) is 50.6 Å². The Kier molecular flexibility index (Phi) is 5.57. The number of rotatable bonds is 7. The van der Waals surface area contributed by atoms with Crippen LogP contribution in [0.1, 0.15) is 10.4 Å². The molecule has 0 N–H and O–H groups in total. The first kappa shape index (κ1) is 19.1. The number of fused-ring (bicyclic) bond motifs is 1. The monoisotopic (exact) mass is 414 g/mol. The summed E-state index contributed by atoms with van der Waals surface area (Å²) in [4.78, 5) is 12.5. The molecule has 0 bridgehead atoms. The summed E-state index contributed by atoms with van der Waals surface area (Å²) in [6.45, 7) is 0.980. The van der Waals surface area contributed by atoms with Gasteiger partial charge in [0.15, 0.2) is 17.3 Å². The summed E-state index contributed by atoms with van der Waals surface area (Å²) < 4.78 is 27.2. The van der Waals surface area contributed by atoms with Crippen LogP contribution in [-0.4, -0.2) is 49.2 Å². The molecular formula is C20H18N2O6S. The zero-order valence-electron chi connectivity index (χ0n) is 15.8. The van der Waals surface area contributed by atoms with E-state index < -0.39 is 0 Å². The molecule has 150 valence electrons. The van der Waals surface area contributed by atoms with E-state index in [4.69, 9.17) is 23.4 Å². The predicted molar refractivity (Wildman–Crippen MR) is 105 cm³/mol. The third-order valence-corrected chi connectivity index (χ3v) is 5.05. The van der Waals surface area contributed by atoms with E-state index in [1.807, 2.05) is 0 Å². The number of hydrogen-bond acceptors (Lipinski definition) is 9. The van der Waals surface area contributed by atoms with E-state index in [2.05, 4.69) is 10.2 Å². The number of nitrogens with zero attached hydrogens (tertiary/aromatic N) is 2. The van der Waals surface area contributed by atoms with Crippen molar-refractivity contribution >= 4 is 17.5 Å². The first-order valence-corrected chi connectivity index (χ1v) is 9.78. The number of Topliss-reactive ketones (excluding diaryl/α,β-unsaturated/α-hetero) is 1. The lowest BCUT2D eigenvalue weighted by Gasteiger charge is -2.18. The van der Waals surface area contributed by atoms with Crippen LogP contribution in [0.25, 0.3) is 11.5 Å². The Labute approximate surface area is 171 Å². The van der Waals surface area contributed by atoms with Crippen molar-refractivity contribution in [1.29, 1.82) is 0 Å². The largest absolute Gasteiger partial charge is 0.497 e. The first-order chi connectivity index (χ1) is 14.2. The van der Waals surface area contributed by atoms with Gasteiger partial charge in [-0.05, 0) is 30.3 Å². The fourth-order valence-corrected chi connectivity index (χ4v) is 3.44. The standard InChI is InChI=1S/C20H18N2O6S/c1-24-13-4-5-14(17(10-13)25-2)19-21-22-20(28-19)29-11-15(23)12-3-6-16-18(9-12)27-8-7-26-16/h3-6,9-10H,7-8,11H2,1-2H3. The molecule has 0 atom stereocenters. The number of carbonyl (C=O) groups excluding carboxylic acids is 1. The summed E-state index contributed by atoms with van der Waals surface area (Å²) in [5, 5.41) is 8.36. The second-order valence-corrected chi connectivity index (χ2v) is 6.94. The third kappa shape index (κ3) is 4.14. The molecule has 4 rings (SSSR count). The van der Waals surface area contributed by atoms with E-state index in [9.17, 15) is 4.79 Å². The van der Waals surface area contributed by atoms with E-state index in [-0.39, 0.29) is 11.5 Å². The smallest absolute Gasteiger partial charge is 0.277 e. The van der Waals surface area contributed by atoms with Crippen molar-refractivity contribution in [1.82, 2.24) is 10.2 Å². The molecule has 0 amide bonds. The number of benzene rings is 2.